The zero-order valence-corrected chi connectivity index (χ0v) is 15.2. The first-order valence-electron chi connectivity index (χ1n) is 6.65. The topological polar surface area (TPSA) is 64.6 Å². The second-order valence-electron chi connectivity index (χ2n) is 4.80. The van der Waals surface area contributed by atoms with E-state index < -0.39 is 9.84 Å². The van der Waals surface area contributed by atoms with E-state index in [4.69, 9.17) is 9.47 Å². The van der Waals surface area contributed by atoms with Crippen molar-refractivity contribution < 1.29 is 17.9 Å². The average molecular weight is 380 g/mol. The number of halogens is 1. The van der Waals surface area contributed by atoms with Crippen molar-refractivity contribution in [3.05, 3.63) is 22.2 Å². The van der Waals surface area contributed by atoms with Crippen LogP contribution in [0.15, 0.2) is 16.6 Å². The van der Waals surface area contributed by atoms with E-state index in [1.165, 1.54) is 6.26 Å². The predicted molar refractivity (Wildman–Crippen MR) is 88.0 cm³/mol. The van der Waals surface area contributed by atoms with Crippen LogP contribution in [0, 0.1) is 0 Å². The summed E-state index contributed by atoms with van der Waals surface area (Å²) in [6, 6.07) is 3.31. The molecular weight excluding hydrogens is 358 g/mol. The lowest BCUT2D eigenvalue weighted by Crippen LogP contribution is -2.29. The minimum Gasteiger partial charge on any atom is -0.495 e. The van der Waals surface area contributed by atoms with Gasteiger partial charge in [0.15, 0.2) is 0 Å². The third-order valence-corrected chi connectivity index (χ3v) is 4.69. The average Bonchev–Trinajstić information content (AvgIpc) is 2.41. The summed E-state index contributed by atoms with van der Waals surface area (Å²) in [4.78, 5) is 0. The van der Waals surface area contributed by atoms with Gasteiger partial charge in [0.25, 0.3) is 0 Å². The highest BCUT2D eigenvalue weighted by molar-refractivity contribution is 9.10. The fraction of sp³-hybridized carbons (Fsp3) is 0.571. The fourth-order valence-electron chi connectivity index (χ4n) is 2.07. The van der Waals surface area contributed by atoms with Gasteiger partial charge in [0, 0.05) is 17.9 Å². The molecule has 1 aromatic rings. The molecule has 0 aliphatic heterocycles. The van der Waals surface area contributed by atoms with Crippen molar-refractivity contribution >= 4 is 25.8 Å². The van der Waals surface area contributed by atoms with Crippen molar-refractivity contribution in [3.8, 4) is 11.5 Å². The van der Waals surface area contributed by atoms with E-state index in [0.717, 1.165) is 18.5 Å². The van der Waals surface area contributed by atoms with Gasteiger partial charge >= 0.3 is 0 Å². The molecule has 0 saturated carbocycles. The van der Waals surface area contributed by atoms with Crippen molar-refractivity contribution in [1.29, 1.82) is 0 Å². The molecule has 0 aliphatic rings. The highest BCUT2D eigenvalue weighted by Gasteiger charge is 2.23. The first-order chi connectivity index (χ1) is 9.84. The summed E-state index contributed by atoms with van der Waals surface area (Å²) in [7, 11) is 0.00783. The molecule has 0 radical (unpaired) electrons. The van der Waals surface area contributed by atoms with Gasteiger partial charge in [-0.2, -0.15) is 0 Å². The first kappa shape index (κ1) is 18.3. The Bertz CT molecular complexity index is 575. The summed E-state index contributed by atoms with van der Waals surface area (Å²) in [5, 5.41) is 3.26. The molecule has 0 bridgehead atoms. The van der Waals surface area contributed by atoms with Crippen molar-refractivity contribution in [1.82, 2.24) is 5.32 Å². The van der Waals surface area contributed by atoms with Crippen LogP contribution in [-0.2, 0) is 9.84 Å². The quantitative estimate of drug-likeness (QED) is 0.751. The summed E-state index contributed by atoms with van der Waals surface area (Å²) >= 11 is 3.44. The number of benzene rings is 1. The molecule has 1 aromatic carbocycles. The Labute approximate surface area is 135 Å². The van der Waals surface area contributed by atoms with E-state index in [1.807, 2.05) is 13.0 Å². The van der Waals surface area contributed by atoms with Gasteiger partial charge in [-0.15, -0.1) is 0 Å². The van der Waals surface area contributed by atoms with Gasteiger partial charge in [-0.1, -0.05) is 6.92 Å². The molecule has 5 nitrogen and oxygen atoms in total. The molecule has 1 N–H and O–H groups in total. The standard InChI is InChI=1S/C14H22BrNO4S/c1-5-8-16-11(9-21(4,17)18)10-6-7-12(19-2)13(15)14(10)20-3/h6-7,11,16H,5,8-9H2,1-4H3. The van der Waals surface area contributed by atoms with Gasteiger partial charge in [0.2, 0.25) is 0 Å². The van der Waals surface area contributed by atoms with E-state index >= 15 is 0 Å². The van der Waals surface area contributed by atoms with Crippen LogP contribution in [0.3, 0.4) is 0 Å². The Balaban J connectivity index is 3.26. The van der Waals surface area contributed by atoms with Crippen LogP contribution in [-0.4, -0.2) is 41.2 Å². The lowest BCUT2D eigenvalue weighted by Gasteiger charge is -2.22. The van der Waals surface area contributed by atoms with Gasteiger partial charge in [0.05, 0.1) is 20.0 Å². The summed E-state index contributed by atoms with van der Waals surface area (Å²) < 4.78 is 34.7. The van der Waals surface area contributed by atoms with Crippen molar-refractivity contribution in [2.45, 2.75) is 19.4 Å². The zero-order chi connectivity index (χ0) is 16.0. The fourth-order valence-corrected chi connectivity index (χ4v) is 3.66. The number of nitrogens with one attached hydrogen (secondary N) is 1. The van der Waals surface area contributed by atoms with Crippen LogP contribution < -0.4 is 14.8 Å². The molecule has 0 aliphatic carbocycles. The third kappa shape index (κ3) is 5.16. The molecular formula is C14H22BrNO4S. The zero-order valence-electron chi connectivity index (χ0n) is 12.8. The van der Waals surface area contributed by atoms with E-state index in [2.05, 4.69) is 21.2 Å². The Morgan fingerprint density at radius 3 is 2.43 bits per heavy atom. The van der Waals surface area contributed by atoms with Crippen LogP contribution in [0.4, 0.5) is 0 Å². The summed E-state index contributed by atoms with van der Waals surface area (Å²) in [6.45, 7) is 2.76. The molecule has 21 heavy (non-hydrogen) atoms. The highest BCUT2D eigenvalue weighted by Crippen LogP contribution is 2.39. The van der Waals surface area contributed by atoms with Crippen LogP contribution in [0.25, 0.3) is 0 Å². The maximum absolute atomic E-state index is 11.7. The second kappa shape index (κ2) is 8.00. The number of hydrogen-bond acceptors (Lipinski definition) is 5. The third-order valence-electron chi connectivity index (χ3n) is 3.00. The minimum absolute atomic E-state index is 0.0160. The monoisotopic (exact) mass is 379 g/mol. The molecule has 7 heteroatoms. The molecule has 1 atom stereocenters. The lowest BCUT2D eigenvalue weighted by molar-refractivity contribution is 0.381. The second-order valence-corrected chi connectivity index (χ2v) is 7.78. The smallest absolute Gasteiger partial charge is 0.149 e. The molecule has 0 saturated heterocycles. The van der Waals surface area contributed by atoms with Gasteiger partial charge < -0.3 is 14.8 Å². The Morgan fingerprint density at radius 2 is 1.95 bits per heavy atom. The summed E-state index contributed by atoms with van der Waals surface area (Å²) in [5.41, 5.74) is 0.795. The summed E-state index contributed by atoms with van der Waals surface area (Å²) in [6.07, 6.45) is 2.15. The minimum atomic E-state index is -3.12. The molecule has 0 fully saturated rings. The highest BCUT2D eigenvalue weighted by atomic mass is 79.9. The molecule has 0 aromatic heterocycles. The maximum atomic E-state index is 11.7. The maximum Gasteiger partial charge on any atom is 0.149 e. The van der Waals surface area contributed by atoms with Crippen LogP contribution in [0.1, 0.15) is 24.9 Å². The number of methoxy groups -OCH3 is 2. The Morgan fingerprint density at radius 1 is 1.29 bits per heavy atom. The van der Waals surface area contributed by atoms with Crippen molar-refractivity contribution in [3.63, 3.8) is 0 Å². The Kier molecular flexibility index (Phi) is 6.96. The van der Waals surface area contributed by atoms with E-state index in [9.17, 15) is 8.42 Å². The number of sulfone groups is 1. The molecule has 1 unspecified atom stereocenters. The first-order valence-corrected chi connectivity index (χ1v) is 9.50. The largest absolute Gasteiger partial charge is 0.495 e. The molecule has 120 valence electrons. The number of hydrogen-bond donors (Lipinski definition) is 1. The molecule has 1 rings (SSSR count). The van der Waals surface area contributed by atoms with Gasteiger partial charge in [-0.25, -0.2) is 8.42 Å². The molecule has 0 heterocycles. The molecule has 0 spiro atoms. The van der Waals surface area contributed by atoms with Gasteiger partial charge in [0.1, 0.15) is 25.8 Å². The summed E-state index contributed by atoms with van der Waals surface area (Å²) in [5.74, 6) is 1.25. The lowest BCUT2D eigenvalue weighted by atomic mass is 10.1. The van der Waals surface area contributed by atoms with E-state index in [1.54, 1.807) is 20.3 Å². The Hall–Kier alpha value is -0.790. The van der Waals surface area contributed by atoms with Gasteiger partial charge in [-0.05, 0) is 41.0 Å². The normalized spacial score (nSPS) is 13.0. The number of ether oxygens (including phenoxy) is 2. The van der Waals surface area contributed by atoms with E-state index in [-0.39, 0.29) is 11.8 Å². The van der Waals surface area contributed by atoms with Crippen molar-refractivity contribution in [2.75, 3.05) is 32.8 Å². The van der Waals surface area contributed by atoms with Crippen LogP contribution in [0.5, 0.6) is 11.5 Å². The van der Waals surface area contributed by atoms with Crippen LogP contribution >= 0.6 is 15.9 Å². The van der Waals surface area contributed by atoms with Gasteiger partial charge in [-0.3, -0.25) is 0 Å². The molecule has 0 amide bonds. The predicted octanol–water partition coefficient (Wildman–Crippen LogP) is 2.55. The van der Waals surface area contributed by atoms with Crippen molar-refractivity contribution in [2.24, 2.45) is 0 Å². The SMILES string of the molecule is CCCNC(CS(C)(=O)=O)c1ccc(OC)c(Br)c1OC. The number of rotatable bonds is 8. The van der Waals surface area contributed by atoms with Crippen LogP contribution in [0.2, 0.25) is 0 Å². The van der Waals surface area contributed by atoms with E-state index in [0.29, 0.717) is 16.0 Å².